The highest BCUT2D eigenvalue weighted by Crippen LogP contribution is 2.28. The van der Waals surface area contributed by atoms with Crippen molar-refractivity contribution in [3.8, 4) is 0 Å². The molecule has 0 saturated heterocycles. The molecule has 3 nitrogen and oxygen atoms in total. The van der Waals surface area contributed by atoms with Crippen molar-refractivity contribution < 1.29 is 0 Å². The highest BCUT2D eigenvalue weighted by atomic mass is 32.1. The van der Waals surface area contributed by atoms with Crippen molar-refractivity contribution in [1.82, 2.24) is 4.98 Å². The number of thiazole rings is 1. The number of rotatable bonds is 4. The van der Waals surface area contributed by atoms with Crippen molar-refractivity contribution in [1.29, 1.82) is 0 Å². The summed E-state index contributed by atoms with van der Waals surface area (Å²) >= 11 is 1.67. The second-order valence-electron chi connectivity index (χ2n) is 4.33. The number of hydrogen-bond donors (Lipinski definition) is 1. The number of aromatic nitrogens is 1. The zero-order valence-electron chi connectivity index (χ0n) is 9.72. The topological polar surface area (TPSA) is 51.3 Å². The molecule has 1 aromatic heterocycles. The molecule has 16 heavy (non-hydrogen) atoms. The van der Waals surface area contributed by atoms with Crippen LogP contribution in [0.1, 0.15) is 50.1 Å². The minimum atomic E-state index is 0.167. The van der Waals surface area contributed by atoms with Gasteiger partial charge in [-0.15, -0.1) is 11.3 Å². The molecule has 1 fully saturated rings. The minimum Gasteiger partial charge on any atom is -0.387 e. The quantitative estimate of drug-likeness (QED) is 0.646. The molecule has 1 unspecified atom stereocenters. The van der Waals surface area contributed by atoms with Gasteiger partial charge in [-0.2, -0.15) is 0 Å². The van der Waals surface area contributed by atoms with E-state index < -0.39 is 0 Å². The molecule has 1 atom stereocenters. The van der Waals surface area contributed by atoms with E-state index in [4.69, 9.17) is 5.73 Å². The van der Waals surface area contributed by atoms with Gasteiger partial charge in [-0.3, -0.25) is 4.99 Å². The van der Waals surface area contributed by atoms with Crippen LogP contribution in [0.4, 0.5) is 0 Å². The Morgan fingerprint density at radius 3 is 2.94 bits per heavy atom. The third-order valence-corrected chi connectivity index (χ3v) is 4.08. The molecule has 0 spiro atoms. The van der Waals surface area contributed by atoms with E-state index in [0.717, 1.165) is 17.3 Å². The molecule has 1 saturated carbocycles. The van der Waals surface area contributed by atoms with Crippen molar-refractivity contribution in [3.63, 3.8) is 0 Å². The molecule has 1 aromatic rings. The van der Waals surface area contributed by atoms with Crippen LogP contribution in [0, 0.1) is 5.92 Å². The third kappa shape index (κ3) is 2.61. The molecule has 4 heteroatoms. The lowest BCUT2D eigenvalue weighted by Crippen LogP contribution is -2.22. The van der Waals surface area contributed by atoms with Gasteiger partial charge < -0.3 is 5.73 Å². The summed E-state index contributed by atoms with van der Waals surface area (Å²) in [6, 6.07) is 0.167. The summed E-state index contributed by atoms with van der Waals surface area (Å²) in [5.41, 5.74) is 6.09. The van der Waals surface area contributed by atoms with E-state index in [0.29, 0.717) is 5.92 Å². The standard InChI is InChI=1S/C12H19N3S/c1-2-10(12-14-7-8-16-12)15-11(13)9-5-3-4-6-9/h7-10H,2-6H2,1H3,(H2,13,15). The second-order valence-corrected chi connectivity index (χ2v) is 5.26. The Kier molecular flexibility index (Phi) is 3.93. The average molecular weight is 237 g/mol. The van der Waals surface area contributed by atoms with Gasteiger partial charge in [0.25, 0.3) is 0 Å². The summed E-state index contributed by atoms with van der Waals surface area (Å²) in [5, 5.41) is 3.09. The Bertz CT molecular complexity index is 339. The van der Waals surface area contributed by atoms with Crippen molar-refractivity contribution in [2.45, 2.75) is 45.1 Å². The zero-order chi connectivity index (χ0) is 11.4. The fourth-order valence-corrected chi connectivity index (χ4v) is 2.99. The van der Waals surface area contributed by atoms with E-state index in [-0.39, 0.29) is 6.04 Å². The van der Waals surface area contributed by atoms with Gasteiger partial charge in [0.05, 0.1) is 5.84 Å². The lowest BCUT2D eigenvalue weighted by Gasteiger charge is -2.12. The van der Waals surface area contributed by atoms with E-state index >= 15 is 0 Å². The molecule has 0 radical (unpaired) electrons. The van der Waals surface area contributed by atoms with E-state index in [1.54, 1.807) is 11.3 Å². The largest absolute Gasteiger partial charge is 0.387 e. The van der Waals surface area contributed by atoms with Gasteiger partial charge in [0.1, 0.15) is 11.0 Å². The Labute approximate surface area is 101 Å². The number of aliphatic imine (C=N–C) groups is 1. The first-order valence-corrected chi connectivity index (χ1v) is 6.91. The van der Waals surface area contributed by atoms with Crippen molar-refractivity contribution in [2.24, 2.45) is 16.6 Å². The zero-order valence-corrected chi connectivity index (χ0v) is 10.5. The predicted molar refractivity (Wildman–Crippen MR) is 68.7 cm³/mol. The molecule has 0 amide bonds. The SMILES string of the molecule is CCC(N=C(N)C1CCCC1)c1nccs1. The normalized spacial score (nSPS) is 20.2. The highest BCUT2D eigenvalue weighted by molar-refractivity contribution is 7.09. The van der Waals surface area contributed by atoms with Gasteiger partial charge in [0, 0.05) is 17.5 Å². The summed E-state index contributed by atoms with van der Waals surface area (Å²) in [7, 11) is 0. The molecule has 2 rings (SSSR count). The molecule has 1 heterocycles. The van der Waals surface area contributed by atoms with Gasteiger partial charge in [-0.1, -0.05) is 19.8 Å². The number of hydrogen-bond acceptors (Lipinski definition) is 3. The minimum absolute atomic E-state index is 0.167. The first-order chi connectivity index (χ1) is 7.81. The van der Waals surface area contributed by atoms with Crippen molar-refractivity contribution in [3.05, 3.63) is 16.6 Å². The van der Waals surface area contributed by atoms with Gasteiger partial charge in [-0.25, -0.2) is 4.98 Å². The molecule has 1 aliphatic rings. The molecule has 1 aliphatic carbocycles. The molecule has 0 aliphatic heterocycles. The highest BCUT2D eigenvalue weighted by Gasteiger charge is 2.20. The van der Waals surface area contributed by atoms with Gasteiger partial charge in [0.2, 0.25) is 0 Å². The number of amidine groups is 1. The first kappa shape index (κ1) is 11.6. The maximum Gasteiger partial charge on any atom is 0.117 e. The molecule has 88 valence electrons. The molecule has 2 N–H and O–H groups in total. The second kappa shape index (κ2) is 5.43. The van der Waals surface area contributed by atoms with Crippen LogP contribution in [-0.4, -0.2) is 10.8 Å². The van der Waals surface area contributed by atoms with Gasteiger partial charge in [-0.05, 0) is 19.3 Å². The summed E-state index contributed by atoms with van der Waals surface area (Å²) in [6.45, 7) is 2.14. The van der Waals surface area contributed by atoms with Crippen LogP contribution in [0.2, 0.25) is 0 Å². The summed E-state index contributed by atoms with van der Waals surface area (Å²) in [4.78, 5) is 8.98. The molecule has 0 bridgehead atoms. The van der Waals surface area contributed by atoms with Crippen LogP contribution < -0.4 is 5.73 Å². The van der Waals surface area contributed by atoms with E-state index in [9.17, 15) is 0 Å². The lowest BCUT2D eigenvalue weighted by molar-refractivity contribution is 0.660. The predicted octanol–water partition coefficient (Wildman–Crippen LogP) is 3.14. The van der Waals surface area contributed by atoms with Crippen molar-refractivity contribution in [2.75, 3.05) is 0 Å². The van der Waals surface area contributed by atoms with Gasteiger partial charge in [0.15, 0.2) is 0 Å². The monoisotopic (exact) mass is 237 g/mol. The fourth-order valence-electron chi connectivity index (χ4n) is 2.23. The Balaban J connectivity index is 2.07. The molecular formula is C12H19N3S. The van der Waals surface area contributed by atoms with Crippen LogP contribution >= 0.6 is 11.3 Å². The summed E-state index contributed by atoms with van der Waals surface area (Å²) < 4.78 is 0. The molecular weight excluding hydrogens is 218 g/mol. The van der Waals surface area contributed by atoms with E-state index in [1.807, 2.05) is 11.6 Å². The average Bonchev–Trinajstić information content (AvgIpc) is 2.96. The van der Waals surface area contributed by atoms with E-state index in [1.165, 1.54) is 25.7 Å². The van der Waals surface area contributed by atoms with Crippen molar-refractivity contribution >= 4 is 17.2 Å². The number of nitrogens with two attached hydrogens (primary N) is 1. The summed E-state index contributed by atoms with van der Waals surface area (Å²) in [5.74, 6) is 1.37. The fraction of sp³-hybridized carbons (Fsp3) is 0.667. The van der Waals surface area contributed by atoms with Crippen LogP contribution in [0.25, 0.3) is 0 Å². The smallest absolute Gasteiger partial charge is 0.117 e. The Morgan fingerprint density at radius 2 is 2.38 bits per heavy atom. The van der Waals surface area contributed by atoms with Crippen LogP contribution in [0.5, 0.6) is 0 Å². The van der Waals surface area contributed by atoms with Gasteiger partial charge >= 0.3 is 0 Å². The van der Waals surface area contributed by atoms with E-state index in [2.05, 4.69) is 16.9 Å². The maximum absolute atomic E-state index is 6.09. The van der Waals surface area contributed by atoms with Crippen LogP contribution in [0.15, 0.2) is 16.6 Å². The third-order valence-electron chi connectivity index (χ3n) is 3.20. The number of nitrogens with zero attached hydrogens (tertiary/aromatic N) is 2. The van der Waals surface area contributed by atoms with Crippen LogP contribution in [-0.2, 0) is 0 Å². The maximum atomic E-state index is 6.09. The molecule has 0 aromatic carbocycles. The first-order valence-electron chi connectivity index (χ1n) is 6.03. The summed E-state index contributed by atoms with van der Waals surface area (Å²) in [6.07, 6.45) is 7.84. The lowest BCUT2D eigenvalue weighted by atomic mass is 10.1. The van der Waals surface area contributed by atoms with Crippen LogP contribution in [0.3, 0.4) is 0 Å². The Hall–Kier alpha value is -0.900. The Morgan fingerprint density at radius 1 is 1.62 bits per heavy atom.